The molecule has 0 saturated heterocycles. The summed E-state index contributed by atoms with van der Waals surface area (Å²) < 4.78 is 26.6. The van der Waals surface area contributed by atoms with E-state index < -0.39 is 16.1 Å². The lowest BCUT2D eigenvalue weighted by molar-refractivity contribution is 0.510. The van der Waals surface area contributed by atoms with Crippen LogP contribution in [0.25, 0.3) is 0 Å². The molecule has 0 spiro atoms. The molecule has 1 atom stereocenters. The average molecular weight is 283 g/mol. The lowest BCUT2D eigenvalue weighted by Crippen LogP contribution is -2.36. The molecule has 0 aliphatic rings. The highest BCUT2D eigenvalue weighted by Gasteiger charge is 2.21. The van der Waals surface area contributed by atoms with Gasteiger partial charge in [0.15, 0.2) is 0 Å². The Bertz CT molecular complexity index is 514. The van der Waals surface area contributed by atoms with Crippen LogP contribution in [0.2, 0.25) is 0 Å². The first-order valence-electron chi connectivity index (χ1n) is 6.17. The highest BCUT2D eigenvalue weighted by molar-refractivity contribution is 7.89. The molecular weight excluding hydrogens is 264 g/mol. The maximum absolute atomic E-state index is 12.1. The van der Waals surface area contributed by atoms with Crippen molar-refractivity contribution >= 4 is 16.3 Å². The summed E-state index contributed by atoms with van der Waals surface area (Å²) in [5.74, 6) is 0. The van der Waals surface area contributed by atoms with Crippen molar-refractivity contribution in [3.8, 4) is 0 Å². The maximum atomic E-state index is 12.1. The second kappa shape index (κ2) is 7.37. The molecule has 19 heavy (non-hydrogen) atoms. The normalized spacial score (nSPS) is 13.2. The Labute approximate surface area is 114 Å². The van der Waals surface area contributed by atoms with E-state index in [1.807, 2.05) is 0 Å². The molecule has 0 amide bonds. The van der Waals surface area contributed by atoms with Crippen molar-refractivity contribution in [2.24, 2.45) is 5.73 Å². The largest absolute Gasteiger partial charge is 0.330 e. The summed E-state index contributed by atoms with van der Waals surface area (Å²) >= 11 is 0. The molecule has 5 nitrogen and oxygen atoms in total. The number of sulfonamides is 1. The van der Waals surface area contributed by atoms with Crippen LogP contribution < -0.4 is 10.5 Å². The van der Waals surface area contributed by atoms with Crippen LogP contribution in [0, 0.1) is 6.92 Å². The lowest BCUT2D eigenvalue weighted by Gasteiger charge is -2.13. The minimum Gasteiger partial charge on any atom is -0.330 e. The molecule has 0 unspecified atom stereocenters. The molecule has 0 aromatic heterocycles. The molecule has 1 aromatic carbocycles. The molecule has 0 fully saturated rings. The average Bonchev–Trinajstić information content (AvgIpc) is 2.38. The number of hydrogen-bond acceptors (Lipinski definition) is 4. The molecule has 3 N–H and O–H groups in total. The van der Waals surface area contributed by atoms with Gasteiger partial charge in [0.05, 0.1) is 10.9 Å². The van der Waals surface area contributed by atoms with Gasteiger partial charge in [-0.1, -0.05) is 24.6 Å². The molecule has 1 radical (unpaired) electrons. The van der Waals surface area contributed by atoms with Gasteiger partial charge >= 0.3 is 0 Å². The molecular formula is C13H19N2O3S. The SMILES string of the molecule is Cc1ccccc1S(=O)(=O)N[C@H]([C]=O)CCCCN. The summed E-state index contributed by atoms with van der Waals surface area (Å²) in [6.45, 7) is 2.23. The Morgan fingerprint density at radius 3 is 2.58 bits per heavy atom. The van der Waals surface area contributed by atoms with E-state index in [1.54, 1.807) is 31.4 Å². The van der Waals surface area contributed by atoms with Crippen LogP contribution >= 0.6 is 0 Å². The van der Waals surface area contributed by atoms with Crippen LogP contribution in [0.1, 0.15) is 24.8 Å². The standard InChI is InChI=1S/C13H19N2O3S/c1-11-6-2-3-8-13(11)19(17,18)15-12(10-16)7-4-5-9-14/h2-3,6,8,12,15H,4-5,7,9,14H2,1H3/t12-/m0/s1. The predicted molar refractivity (Wildman–Crippen MR) is 73.9 cm³/mol. The second-order valence-corrected chi connectivity index (χ2v) is 6.02. The number of nitrogens with two attached hydrogens (primary N) is 1. The zero-order valence-corrected chi connectivity index (χ0v) is 11.7. The van der Waals surface area contributed by atoms with E-state index >= 15 is 0 Å². The Hall–Kier alpha value is -1.24. The fraction of sp³-hybridized carbons (Fsp3) is 0.462. The maximum Gasteiger partial charge on any atom is 0.241 e. The van der Waals surface area contributed by atoms with Crippen molar-refractivity contribution in [2.75, 3.05) is 6.54 Å². The fourth-order valence-corrected chi connectivity index (χ4v) is 3.16. The Kier molecular flexibility index (Phi) is 6.14. The quantitative estimate of drug-likeness (QED) is 0.693. The highest BCUT2D eigenvalue weighted by Crippen LogP contribution is 2.14. The molecule has 1 rings (SSSR count). The minimum atomic E-state index is -3.68. The van der Waals surface area contributed by atoms with Crippen molar-refractivity contribution in [3.05, 3.63) is 29.8 Å². The van der Waals surface area contributed by atoms with E-state index in [4.69, 9.17) is 5.73 Å². The summed E-state index contributed by atoms with van der Waals surface area (Å²) in [4.78, 5) is 11.0. The monoisotopic (exact) mass is 283 g/mol. The number of unbranched alkanes of at least 4 members (excludes halogenated alkanes) is 1. The van der Waals surface area contributed by atoms with Crippen molar-refractivity contribution in [1.82, 2.24) is 4.72 Å². The number of aryl methyl sites for hydroxylation is 1. The first kappa shape index (κ1) is 15.8. The highest BCUT2D eigenvalue weighted by atomic mass is 32.2. The predicted octanol–water partition coefficient (Wildman–Crippen LogP) is 0.881. The summed E-state index contributed by atoms with van der Waals surface area (Å²) in [5.41, 5.74) is 6.00. The van der Waals surface area contributed by atoms with Gasteiger partial charge in [0.25, 0.3) is 0 Å². The molecule has 0 saturated carbocycles. The van der Waals surface area contributed by atoms with Gasteiger partial charge in [0.2, 0.25) is 16.3 Å². The second-order valence-electron chi connectivity index (χ2n) is 4.34. The van der Waals surface area contributed by atoms with Gasteiger partial charge in [-0.25, -0.2) is 13.1 Å². The Balaban J connectivity index is 2.78. The Morgan fingerprint density at radius 2 is 2.00 bits per heavy atom. The number of hydrogen-bond donors (Lipinski definition) is 2. The number of nitrogens with one attached hydrogen (secondary N) is 1. The number of carbonyl (C=O) groups excluding carboxylic acids is 1. The van der Waals surface area contributed by atoms with Gasteiger partial charge in [0, 0.05) is 0 Å². The molecule has 0 aliphatic carbocycles. The zero-order valence-electron chi connectivity index (χ0n) is 10.9. The molecule has 0 bridgehead atoms. The first-order chi connectivity index (χ1) is 9.01. The molecule has 0 aliphatic heterocycles. The van der Waals surface area contributed by atoms with E-state index in [9.17, 15) is 13.2 Å². The van der Waals surface area contributed by atoms with Gasteiger partial charge in [-0.2, -0.15) is 0 Å². The van der Waals surface area contributed by atoms with E-state index in [1.165, 1.54) is 6.07 Å². The van der Waals surface area contributed by atoms with Gasteiger partial charge in [-0.05, 0) is 37.9 Å². The third-order valence-electron chi connectivity index (χ3n) is 2.77. The molecule has 1 aromatic rings. The van der Waals surface area contributed by atoms with Crippen molar-refractivity contribution in [1.29, 1.82) is 0 Å². The van der Waals surface area contributed by atoms with Crippen LogP contribution in [0.5, 0.6) is 0 Å². The zero-order chi connectivity index (χ0) is 14.3. The van der Waals surface area contributed by atoms with Crippen LogP contribution in [-0.4, -0.2) is 27.3 Å². The van der Waals surface area contributed by atoms with E-state index in [0.29, 0.717) is 24.9 Å². The first-order valence-corrected chi connectivity index (χ1v) is 7.65. The summed E-state index contributed by atoms with van der Waals surface area (Å²) in [7, 11) is -3.68. The summed E-state index contributed by atoms with van der Waals surface area (Å²) in [6.07, 6.45) is 3.58. The van der Waals surface area contributed by atoms with Gasteiger partial charge in [-0.15, -0.1) is 0 Å². The van der Waals surface area contributed by atoms with Crippen molar-refractivity contribution in [2.45, 2.75) is 37.1 Å². The lowest BCUT2D eigenvalue weighted by atomic mass is 10.1. The topological polar surface area (TPSA) is 89.3 Å². The fourth-order valence-electron chi connectivity index (χ4n) is 1.74. The van der Waals surface area contributed by atoms with Crippen LogP contribution in [0.15, 0.2) is 29.2 Å². The number of benzene rings is 1. The van der Waals surface area contributed by atoms with Crippen LogP contribution in [0.3, 0.4) is 0 Å². The smallest absolute Gasteiger partial charge is 0.241 e. The van der Waals surface area contributed by atoms with Gasteiger partial charge < -0.3 is 5.73 Å². The van der Waals surface area contributed by atoms with Gasteiger partial charge in [-0.3, -0.25) is 4.79 Å². The van der Waals surface area contributed by atoms with Crippen LogP contribution in [0.4, 0.5) is 0 Å². The summed E-state index contributed by atoms with van der Waals surface area (Å²) in [5, 5.41) is 0. The van der Waals surface area contributed by atoms with Gasteiger partial charge in [0.1, 0.15) is 0 Å². The number of rotatable bonds is 8. The van der Waals surface area contributed by atoms with Crippen molar-refractivity contribution < 1.29 is 13.2 Å². The molecule has 105 valence electrons. The van der Waals surface area contributed by atoms with E-state index in [2.05, 4.69) is 4.72 Å². The summed E-state index contributed by atoms with van der Waals surface area (Å²) in [6, 6.07) is 5.81. The van der Waals surface area contributed by atoms with Crippen LogP contribution in [-0.2, 0) is 14.8 Å². The third-order valence-corrected chi connectivity index (χ3v) is 4.40. The molecule has 0 heterocycles. The minimum absolute atomic E-state index is 0.189. The Morgan fingerprint density at radius 1 is 1.32 bits per heavy atom. The van der Waals surface area contributed by atoms with E-state index in [0.717, 1.165) is 6.42 Å². The van der Waals surface area contributed by atoms with E-state index in [-0.39, 0.29) is 4.90 Å². The van der Waals surface area contributed by atoms with Crippen molar-refractivity contribution in [3.63, 3.8) is 0 Å². The third kappa shape index (κ3) is 4.74. The molecule has 6 heteroatoms.